The van der Waals surface area contributed by atoms with Crippen LogP contribution in [0.4, 0.5) is 0 Å². The van der Waals surface area contributed by atoms with E-state index in [1.165, 1.54) is 0 Å². The Kier molecular flexibility index (Phi) is 47.6. The molecule has 7 unspecified atom stereocenters. The maximum absolute atomic E-state index is 12.9. The van der Waals surface area contributed by atoms with Gasteiger partial charge in [-0.05, 0) is 196 Å². The summed E-state index contributed by atoms with van der Waals surface area (Å²) in [5.74, 6) is 2.16. The van der Waals surface area contributed by atoms with E-state index in [1.807, 2.05) is 192 Å². The molecule has 3 heterocycles. The van der Waals surface area contributed by atoms with Crippen molar-refractivity contribution in [2.45, 2.75) is 238 Å². The van der Waals surface area contributed by atoms with E-state index in [0.717, 1.165) is 153 Å². The van der Waals surface area contributed by atoms with Crippen LogP contribution in [0.1, 0.15) is 209 Å². The molecule has 12 N–H and O–H groups in total. The van der Waals surface area contributed by atoms with Crippen LogP contribution >= 0.6 is 0 Å². The van der Waals surface area contributed by atoms with E-state index in [1.54, 1.807) is 40.1 Å². The summed E-state index contributed by atoms with van der Waals surface area (Å²) in [6.45, 7) is 21.5. The lowest BCUT2D eigenvalue weighted by Crippen LogP contribution is -2.49. The highest BCUT2D eigenvalue weighted by Gasteiger charge is 2.46. The number of unbranched alkanes of at least 4 members (excludes halogenated alkanes) is 3. The minimum atomic E-state index is -1.18. The number of benzene rings is 6. The Morgan fingerprint density at radius 1 is 0.431 bits per heavy atom. The van der Waals surface area contributed by atoms with Crippen LogP contribution < -0.4 is 25.3 Å². The third kappa shape index (κ3) is 33.5. The molecule has 6 aromatic rings. The Balaban J connectivity index is 0.000000332. The average molecular weight is 1620 g/mol. The number of para-hydroxylation sites is 6. The van der Waals surface area contributed by atoms with Crippen molar-refractivity contribution >= 4 is 23.8 Å². The Morgan fingerprint density at radius 2 is 0.724 bits per heavy atom. The molecule has 0 bridgehead atoms. The maximum Gasteiger partial charge on any atom is 0.305 e. The van der Waals surface area contributed by atoms with Crippen molar-refractivity contribution in [2.75, 3.05) is 87.0 Å². The molecule has 3 fully saturated rings. The molecule has 646 valence electrons. The molecule has 116 heavy (non-hydrogen) atoms. The third-order valence-corrected chi connectivity index (χ3v) is 21.7. The van der Waals surface area contributed by atoms with Gasteiger partial charge in [-0.15, -0.1) is 0 Å². The fourth-order valence-corrected chi connectivity index (χ4v) is 14.7. The van der Waals surface area contributed by atoms with Crippen LogP contribution in [0.3, 0.4) is 0 Å². The number of amides is 2. The molecule has 10 atom stereocenters. The normalized spacial score (nSPS) is 17.8. The third-order valence-electron chi connectivity index (χ3n) is 21.7. The summed E-state index contributed by atoms with van der Waals surface area (Å²) >= 11 is 0. The molecule has 0 radical (unpaired) electrons. The van der Waals surface area contributed by atoms with Crippen molar-refractivity contribution in [1.82, 2.24) is 15.1 Å². The highest BCUT2D eigenvalue weighted by molar-refractivity contribution is 5.77. The second-order valence-electron chi connectivity index (χ2n) is 30.3. The lowest BCUT2D eigenvalue weighted by atomic mass is 9.73. The summed E-state index contributed by atoms with van der Waals surface area (Å²) < 4.78 is 34.7. The maximum atomic E-state index is 12.9. The van der Waals surface area contributed by atoms with Crippen LogP contribution in [0.2, 0.25) is 0 Å². The topological polar surface area (TPSA) is 350 Å². The van der Waals surface area contributed by atoms with Gasteiger partial charge in [0, 0.05) is 115 Å². The Hall–Kier alpha value is -7.88. The minimum absolute atomic E-state index is 0.00245. The first kappa shape index (κ1) is 100. The van der Waals surface area contributed by atoms with Gasteiger partial charge in [-0.2, -0.15) is 0 Å². The van der Waals surface area contributed by atoms with Crippen molar-refractivity contribution in [3.63, 3.8) is 0 Å². The second kappa shape index (κ2) is 55.0. The zero-order valence-electron chi connectivity index (χ0n) is 71.1. The molecule has 3 aliphatic rings. The number of aliphatic hydroxyl groups is 7. The SMILES string of the molecule is CC.CCC(O)CC(=O)N1CCC[C@@H](C(O)(CCCCOC)c2ccccc2Oc2ccccc2C)C1.CCC(O)CC(=O)O.CCC(O)CC(=O)O.COCCCCC(O)(c1ccccc1Oc1ccccc1C)[C@@H]1CCCN(C(=O)CC(O)CN)C1.COCCCCC(O)(c1ccccc1Oc1ccccc1C)[C@@H]1CCCNC1. The number of aliphatic carboxylic acids is 2. The van der Waals surface area contributed by atoms with Gasteiger partial charge in [0.2, 0.25) is 11.8 Å². The van der Waals surface area contributed by atoms with Gasteiger partial charge in [-0.3, -0.25) is 19.2 Å². The van der Waals surface area contributed by atoms with Crippen LogP contribution in [0.15, 0.2) is 146 Å². The number of carboxylic acid groups (broad SMARTS) is 2. The molecule has 3 aliphatic heterocycles. The number of hydrogen-bond acceptors (Lipinski definition) is 19. The molecular weight excluding hydrogens is 1480 g/mol. The van der Waals surface area contributed by atoms with E-state index in [9.17, 15) is 44.7 Å². The number of nitrogens with one attached hydrogen (secondary N) is 1. The highest BCUT2D eigenvalue weighted by atomic mass is 16.5. The van der Waals surface area contributed by atoms with Crippen LogP contribution in [0.25, 0.3) is 0 Å². The minimum Gasteiger partial charge on any atom is -0.481 e. The molecule has 9 rings (SSSR count). The van der Waals surface area contributed by atoms with Gasteiger partial charge < -0.3 is 95.2 Å². The number of rotatable bonds is 39. The molecule has 0 aromatic heterocycles. The summed E-state index contributed by atoms with van der Waals surface area (Å²) in [5.41, 5.74) is 7.76. The fourth-order valence-electron chi connectivity index (χ4n) is 14.7. The zero-order valence-corrected chi connectivity index (χ0v) is 71.1. The molecule has 0 aliphatic carbocycles. The molecule has 3 saturated heterocycles. The summed E-state index contributed by atoms with van der Waals surface area (Å²) in [7, 11) is 5.09. The molecule has 2 amide bonds. The summed E-state index contributed by atoms with van der Waals surface area (Å²) in [6.07, 6.45) is 10.8. The van der Waals surface area contributed by atoms with Crippen molar-refractivity contribution in [3.05, 3.63) is 179 Å². The molecule has 0 saturated carbocycles. The van der Waals surface area contributed by atoms with Gasteiger partial charge >= 0.3 is 11.9 Å². The Labute approximate surface area is 690 Å². The van der Waals surface area contributed by atoms with Crippen molar-refractivity contribution in [2.24, 2.45) is 23.5 Å². The number of ether oxygens (including phenoxy) is 6. The lowest BCUT2D eigenvalue weighted by molar-refractivity contribution is -0.140. The summed E-state index contributed by atoms with van der Waals surface area (Å²) in [5, 5.41) is 93.4. The first-order valence-electron chi connectivity index (χ1n) is 42.0. The number of piperidine rings is 3. The predicted octanol–water partition coefficient (Wildman–Crippen LogP) is 15.2. The van der Waals surface area contributed by atoms with Gasteiger partial charge in [0.1, 0.15) is 34.5 Å². The van der Waals surface area contributed by atoms with E-state index in [0.29, 0.717) is 89.4 Å². The Bertz CT molecular complexity index is 3570. The number of hydrogen-bond donors (Lipinski definition) is 11. The number of carbonyl (C=O) groups is 4. The largest absolute Gasteiger partial charge is 0.481 e. The standard InChI is InChI=1S/C29H41NO5.C28H40N2O5.C24H33NO3.2C5H10O3.C2H6/c1-4-24(31)20-28(32)30-18-11-13-23(21-30)29(33,17-9-10-19-34-3)25-14-6-8-16-27(25)35-26-15-7-5-12-22(26)2;1-21-10-3-5-13-25(21)35-26-14-6-4-12-24(26)28(33,15-7-8-17-34-2)22-11-9-16-30(20-22)27(32)18-23(31)19-29;1-19-10-3-5-13-22(19)28-23-14-6-4-12-21(23)24(26,15-7-8-17-27-2)20-11-9-16-25-18-20;2*1-2-4(6)3-5(7)8;1-2/h5-8,12,14-16,23-24,31,33H,4,9-11,13,17-21H2,1-3H3;3-6,10,12-14,22-23,31,33H,7-9,11,15-20,29H2,1-2H3;3-6,10,12-14,20,25-26H,7-9,11,15-18H2,1-2H3;2*4,6H,2-3H2,1H3,(H,7,8);1-2H3/t23-,24?,29?;22-,23?,28?;20-,24?;;;/m111.../s1. The summed E-state index contributed by atoms with van der Waals surface area (Å²) in [6, 6.07) is 47.0. The number of aryl methyl sites for hydroxylation is 3. The number of methoxy groups -OCH3 is 3. The Morgan fingerprint density at radius 3 is 1.01 bits per heavy atom. The number of nitrogens with two attached hydrogens (primary N) is 1. The van der Waals surface area contributed by atoms with Gasteiger partial charge in [-0.25, -0.2) is 0 Å². The number of carbonyl (C=O) groups excluding carboxylic acids is 2. The molecule has 6 aromatic carbocycles. The van der Waals surface area contributed by atoms with Gasteiger partial charge in [-0.1, -0.05) is 144 Å². The number of aliphatic hydroxyl groups excluding tert-OH is 4. The van der Waals surface area contributed by atoms with E-state index in [-0.39, 0.29) is 61.8 Å². The summed E-state index contributed by atoms with van der Waals surface area (Å²) in [4.78, 5) is 48.9. The number of likely N-dealkylation sites (tertiary alicyclic amines) is 2. The molecule has 23 heteroatoms. The van der Waals surface area contributed by atoms with Crippen molar-refractivity contribution in [1.29, 1.82) is 0 Å². The highest BCUT2D eigenvalue weighted by Crippen LogP contribution is 2.48. The van der Waals surface area contributed by atoms with Crippen molar-refractivity contribution in [3.8, 4) is 34.5 Å². The smallest absolute Gasteiger partial charge is 0.305 e. The second-order valence-corrected chi connectivity index (χ2v) is 30.3. The van der Waals surface area contributed by atoms with E-state index >= 15 is 0 Å². The lowest BCUT2D eigenvalue weighted by Gasteiger charge is -2.43. The van der Waals surface area contributed by atoms with E-state index < -0.39 is 53.2 Å². The monoisotopic (exact) mass is 1620 g/mol. The van der Waals surface area contributed by atoms with Crippen molar-refractivity contribution < 1.29 is 93.6 Å². The van der Waals surface area contributed by atoms with Gasteiger partial charge in [0.15, 0.2) is 0 Å². The average Bonchev–Trinajstić information content (AvgIpc) is 0.781. The van der Waals surface area contributed by atoms with Crippen LogP contribution in [0.5, 0.6) is 34.5 Å². The van der Waals surface area contributed by atoms with Crippen LogP contribution in [0, 0.1) is 38.5 Å². The van der Waals surface area contributed by atoms with Crippen LogP contribution in [-0.4, -0.2) is 191 Å². The number of nitrogens with zero attached hydrogens (tertiary/aromatic N) is 2. The number of carboxylic acids is 2. The fraction of sp³-hybridized carbons (Fsp3) is 0.570. The first-order chi connectivity index (χ1) is 55.7. The first-order valence-corrected chi connectivity index (χ1v) is 42.0. The van der Waals surface area contributed by atoms with E-state index in [2.05, 4.69) is 5.32 Å². The molecule has 23 nitrogen and oxygen atoms in total. The van der Waals surface area contributed by atoms with Crippen LogP contribution in [-0.2, 0) is 50.2 Å². The van der Waals surface area contributed by atoms with Gasteiger partial charge in [0.05, 0.1) is 66.9 Å². The quantitative estimate of drug-likeness (QED) is 0.0160. The zero-order chi connectivity index (χ0) is 85.5. The van der Waals surface area contributed by atoms with E-state index in [4.69, 9.17) is 54.6 Å². The molecular formula is C93H140N4O19. The van der Waals surface area contributed by atoms with Gasteiger partial charge in [0.25, 0.3) is 0 Å². The predicted molar refractivity (Wildman–Crippen MR) is 455 cm³/mol. The molecule has 0 spiro atoms.